The number of hydrogen-bond acceptors (Lipinski definition) is 3. The molecule has 0 bridgehead atoms. The minimum Gasteiger partial charge on any atom is -0.385 e. The van der Waals surface area contributed by atoms with Crippen molar-refractivity contribution in [3.05, 3.63) is 34.9 Å². The first-order valence-corrected chi connectivity index (χ1v) is 8.37. The first kappa shape index (κ1) is 15.4. The lowest BCUT2D eigenvalue weighted by Crippen LogP contribution is -2.33. The quantitative estimate of drug-likeness (QED) is 0.781. The molecule has 0 saturated carbocycles. The molecule has 0 fully saturated rings. The summed E-state index contributed by atoms with van der Waals surface area (Å²) in [6.45, 7) is 1.51. The van der Waals surface area contributed by atoms with Crippen LogP contribution in [0.15, 0.2) is 24.3 Å². The number of hydrogen-bond donors (Lipinski definition) is 1. The number of benzene rings is 1. The van der Waals surface area contributed by atoms with Gasteiger partial charge in [-0.25, -0.2) is 8.42 Å². The average Bonchev–Trinajstić information content (AvgIpc) is 2.27. The predicted octanol–water partition coefficient (Wildman–Crippen LogP) is 3.25. The molecule has 0 aliphatic rings. The van der Waals surface area contributed by atoms with Crippen molar-refractivity contribution in [2.75, 3.05) is 5.75 Å². The summed E-state index contributed by atoms with van der Waals surface area (Å²) in [6, 6.07) is 6.43. The van der Waals surface area contributed by atoms with Crippen molar-refractivity contribution in [1.82, 2.24) is 0 Å². The second-order valence-corrected chi connectivity index (χ2v) is 10.9. The Kier molecular flexibility index (Phi) is 5.06. The molecular weight excluding hydrogens is 395 g/mol. The van der Waals surface area contributed by atoms with Crippen LogP contribution in [0.2, 0.25) is 5.02 Å². The van der Waals surface area contributed by atoms with Crippen molar-refractivity contribution in [3.8, 4) is 0 Å². The maximum atomic E-state index is 11.8. The Morgan fingerprint density at radius 2 is 2.06 bits per heavy atom. The Morgan fingerprint density at radius 3 is 2.53 bits per heavy atom. The minimum absolute atomic E-state index is 0.0961. The molecule has 0 saturated heterocycles. The molecular formula is C10H11Br2ClO3S. The van der Waals surface area contributed by atoms with E-state index in [-0.39, 0.29) is 5.75 Å². The minimum atomic E-state index is -3.52. The fourth-order valence-corrected chi connectivity index (χ4v) is 4.20. The van der Waals surface area contributed by atoms with E-state index >= 15 is 0 Å². The van der Waals surface area contributed by atoms with Crippen LogP contribution in [0.4, 0.5) is 0 Å². The smallest absolute Gasteiger partial charge is 0.210 e. The van der Waals surface area contributed by atoms with E-state index in [1.54, 1.807) is 18.2 Å². The molecule has 1 aromatic rings. The molecule has 0 aliphatic heterocycles. The summed E-state index contributed by atoms with van der Waals surface area (Å²) >= 11 is 11.8. The van der Waals surface area contributed by atoms with Gasteiger partial charge in [-0.05, 0) is 17.7 Å². The second-order valence-electron chi connectivity index (χ2n) is 3.42. The van der Waals surface area contributed by atoms with E-state index < -0.39 is 18.5 Å². The van der Waals surface area contributed by atoms with Gasteiger partial charge in [-0.15, -0.1) is 0 Å². The maximum absolute atomic E-state index is 11.8. The molecule has 17 heavy (non-hydrogen) atoms. The summed E-state index contributed by atoms with van der Waals surface area (Å²) in [6.07, 6.45) is -1.26. The van der Waals surface area contributed by atoms with Crippen LogP contribution in [0.25, 0.3) is 0 Å². The summed E-state index contributed by atoms with van der Waals surface area (Å²) in [5.41, 5.74) is 0.420. The summed E-state index contributed by atoms with van der Waals surface area (Å²) < 4.78 is 22.1. The van der Waals surface area contributed by atoms with Crippen LogP contribution in [0.1, 0.15) is 18.6 Å². The molecule has 0 amide bonds. The van der Waals surface area contributed by atoms with Crippen molar-refractivity contribution in [3.63, 3.8) is 0 Å². The fraction of sp³-hybridized carbons (Fsp3) is 0.400. The van der Waals surface area contributed by atoms with E-state index in [1.807, 2.05) is 0 Å². The second kappa shape index (κ2) is 5.57. The number of halogens is 3. The Balaban J connectivity index is 3.17. The molecule has 0 aromatic heterocycles. The van der Waals surface area contributed by atoms with Crippen LogP contribution in [0.3, 0.4) is 0 Å². The molecule has 1 aromatic carbocycles. The third-order valence-corrected chi connectivity index (χ3v) is 8.15. The van der Waals surface area contributed by atoms with Gasteiger partial charge >= 0.3 is 0 Å². The van der Waals surface area contributed by atoms with Gasteiger partial charge in [0, 0.05) is 10.8 Å². The van der Waals surface area contributed by atoms with Gasteiger partial charge in [0.05, 0.1) is 0 Å². The molecule has 1 unspecified atom stereocenters. The van der Waals surface area contributed by atoms with Gasteiger partial charge in [-0.1, -0.05) is 62.5 Å². The first-order chi connectivity index (χ1) is 7.72. The third-order valence-electron chi connectivity index (χ3n) is 2.28. The highest BCUT2D eigenvalue weighted by molar-refractivity contribution is 9.28. The lowest BCUT2D eigenvalue weighted by Gasteiger charge is -2.26. The number of sulfone groups is 1. The standard InChI is InChI=1S/C10H11Br2ClO3S/c1-2-17(15,16)10(11,12)9(14)7-4-3-5-8(13)6-7/h3-6,9,14H,2H2,1H3. The zero-order chi connectivity index (χ0) is 13.3. The summed E-state index contributed by atoms with van der Waals surface area (Å²) in [5, 5.41) is 10.5. The zero-order valence-corrected chi connectivity index (χ0v) is 13.6. The van der Waals surface area contributed by atoms with Crippen molar-refractivity contribution >= 4 is 53.3 Å². The molecule has 1 atom stereocenters. The molecule has 0 heterocycles. The average molecular weight is 407 g/mol. The molecule has 0 radical (unpaired) electrons. The van der Waals surface area contributed by atoms with Gasteiger partial charge < -0.3 is 5.11 Å². The topological polar surface area (TPSA) is 54.4 Å². The van der Waals surface area contributed by atoms with Crippen LogP contribution in [-0.2, 0) is 9.84 Å². The van der Waals surface area contributed by atoms with Gasteiger partial charge in [-0.2, -0.15) is 0 Å². The first-order valence-electron chi connectivity index (χ1n) is 4.76. The monoisotopic (exact) mass is 404 g/mol. The van der Waals surface area contributed by atoms with Crippen LogP contribution in [0, 0.1) is 0 Å². The number of alkyl halides is 2. The van der Waals surface area contributed by atoms with Crippen molar-refractivity contribution in [2.45, 2.75) is 15.6 Å². The Labute approximate surface area is 122 Å². The van der Waals surface area contributed by atoms with Gasteiger partial charge in [0.15, 0.2) is 9.84 Å². The zero-order valence-electron chi connectivity index (χ0n) is 8.90. The fourth-order valence-electron chi connectivity index (χ4n) is 1.23. The molecule has 0 aliphatic carbocycles. The van der Waals surface area contributed by atoms with E-state index in [1.165, 1.54) is 13.0 Å². The molecule has 0 spiro atoms. The van der Waals surface area contributed by atoms with Gasteiger partial charge in [0.2, 0.25) is 2.57 Å². The molecule has 1 rings (SSSR count). The normalized spacial score (nSPS) is 14.6. The Hall–Kier alpha value is 0.380. The Bertz CT molecular complexity index is 502. The molecule has 7 heteroatoms. The van der Waals surface area contributed by atoms with E-state index in [0.717, 1.165) is 0 Å². The largest absolute Gasteiger partial charge is 0.385 e. The van der Waals surface area contributed by atoms with Crippen LogP contribution in [-0.4, -0.2) is 21.8 Å². The number of aliphatic hydroxyl groups is 1. The van der Waals surface area contributed by atoms with Gasteiger partial charge in [0.25, 0.3) is 0 Å². The summed E-state index contributed by atoms with van der Waals surface area (Å²) in [5.74, 6) is -0.0961. The maximum Gasteiger partial charge on any atom is 0.210 e. The third kappa shape index (κ3) is 3.23. The highest BCUT2D eigenvalue weighted by Crippen LogP contribution is 2.44. The van der Waals surface area contributed by atoms with Crippen molar-refractivity contribution in [1.29, 1.82) is 0 Å². The van der Waals surface area contributed by atoms with Crippen LogP contribution >= 0.6 is 43.5 Å². The van der Waals surface area contributed by atoms with Gasteiger partial charge in [0.1, 0.15) is 6.10 Å². The van der Waals surface area contributed by atoms with E-state index in [2.05, 4.69) is 31.9 Å². The molecule has 3 nitrogen and oxygen atoms in total. The van der Waals surface area contributed by atoms with E-state index in [0.29, 0.717) is 10.6 Å². The highest BCUT2D eigenvalue weighted by Gasteiger charge is 2.45. The summed E-state index contributed by atoms with van der Waals surface area (Å²) in [4.78, 5) is 0. The van der Waals surface area contributed by atoms with E-state index in [9.17, 15) is 13.5 Å². The van der Waals surface area contributed by atoms with Crippen molar-refractivity contribution < 1.29 is 13.5 Å². The van der Waals surface area contributed by atoms with E-state index in [4.69, 9.17) is 11.6 Å². The SMILES string of the molecule is CCS(=O)(=O)C(Br)(Br)C(O)c1cccc(Cl)c1. The number of aliphatic hydroxyl groups excluding tert-OH is 1. The lowest BCUT2D eigenvalue weighted by molar-refractivity contribution is 0.189. The number of rotatable bonds is 4. The van der Waals surface area contributed by atoms with Gasteiger partial charge in [-0.3, -0.25) is 0 Å². The molecule has 1 N–H and O–H groups in total. The molecule has 96 valence electrons. The van der Waals surface area contributed by atoms with Crippen LogP contribution < -0.4 is 0 Å². The highest BCUT2D eigenvalue weighted by atomic mass is 79.9. The Morgan fingerprint density at radius 1 is 1.47 bits per heavy atom. The van der Waals surface area contributed by atoms with Crippen molar-refractivity contribution in [2.24, 2.45) is 0 Å². The van der Waals surface area contributed by atoms with Crippen LogP contribution in [0.5, 0.6) is 0 Å². The lowest BCUT2D eigenvalue weighted by atomic mass is 10.1. The summed E-state index contributed by atoms with van der Waals surface area (Å²) in [7, 11) is -3.52. The predicted molar refractivity (Wildman–Crippen MR) is 76.5 cm³/mol.